The van der Waals surface area contributed by atoms with Crippen LogP contribution in [0.1, 0.15) is 28.5 Å². The average Bonchev–Trinajstić information content (AvgIpc) is 3.31. The molecule has 0 N–H and O–H groups in total. The zero-order valence-corrected chi connectivity index (χ0v) is 22.8. The molecule has 1 radical (unpaired) electrons. The quantitative estimate of drug-likeness (QED) is 0.237. The predicted octanol–water partition coefficient (Wildman–Crippen LogP) is 1.45. The maximum absolute atomic E-state index is 2.51. The van der Waals surface area contributed by atoms with Crippen LogP contribution >= 0.6 is 11.3 Å². The number of rotatable bonds is 0. The van der Waals surface area contributed by atoms with Crippen molar-refractivity contribution in [3.63, 3.8) is 0 Å². The van der Waals surface area contributed by atoms with Gasteiger partial charge in [-0.25, -0.2) is 0 Å². The SMILES string of the molecule is CC1=C2c3ccsc3C1[Si]2(C)C.Cc1cc2c(ccc3ccccc32)[cH-]1.[Cl-].[Cl-].[Zr+3]. The molecular formula is C24H23Cl2SSiZr. The molecule has 1 atom stereocenters. The van der Waals surface area contributed by atoms with Crippen molar-refractivity contribution in [1.29, 1.82) is 0 Å². The van der Waals surface area contributed by atoms with Crippen LogP contribution in [-0.4, -0.2) is 8.07 Å². The van der Waals surface area contributed by atoms with Gasteiger partial charge in [0.2, 0.25) is 0 Å². The Labute approximate surface area is 209 Å². The molecule has 3 aromatic carbocycles. The van der Waals surface area contributed by atoms with Gasteiger partial charge in [0.05, 0.1) is 8.07 Å². The Morgan fingerprint density at radius 3 is 2.34 bits per heavy atom. The molecule has 5 heteroatoms. The first kappa shape index (κ1) is 24.7. The van der Waals surface area contributed by atoms with Crippen molar-refractivity contribution < 1.29 is 51.0 Å². The predicted molar refractivity (Wildman–Crippen MR) is 119 cm³/mol. The number of aryl methyl sites for hydroxylation is 1. The first-order chi connectivity index (χ1) is 12.5. The van der Waals surface area contributed by atoms with Gasteiger partial charge in [-0.3, -0.25) is 0 Å². The number of halogens is 2. The Morgan fingerprint density at radius 2 is 1.66 bits per heavy atom. The van der Waals surface area contributed by atoms with Gasteiger partial charge in [-0.1, -0.05) is 66.5 Å². The Bertz CT molecular complexity index is 1200. The van der Waals surface area contributed by atoms with E-state index in [4.69, 9.17) is 0 Å². The number of benzene rings is 2. The second kappa shape index (κ2) is 8.89. The normalized spacial score (nSPS) is 17.3. The summed E-state index contributed by atoms with van der Waals surface area (Å²) in [6.07, 6.45) is 0. The maximum Gasteiger partial charge on any atom is 3.00 e. The van der Waals surface area contributed by atoms with Crippen molar-refractivity contribution in [1.82, 2.24) is 0 Å². The zero-order valence-electron chi connectivity index (χ0n) is 17.0. The molecular weight excluding hydrogens is 511 g/mol. The van der Waals surface area contributed by atoms with Crippen LogP contribution in [0.2, 0.25) is 13.1 Å². The molecule has 0 fully saturated rings. The van der Waals surface area contributed by atoms with Crippen molar-refractivity contribution in [3.8, 4) is 0 Å². The Kier molecular flexibility index (Phi) is 7.57. The first-order valence-corrected chi connectivity index (χ1v) is 13.3. The summed E-state index contributed by atoms with van der Waals surface area (Å²) >= 11 is 1.96. The topological polar surface area (TPSA) is 0 Å². The summed E-state index contributed by atoms with van der Waals surface area (Å²) in [5.74, 6) is 0. The standard InChI is InChI=1S/C14H11.C10H12SSi.2ClH.Zr/c1-10-8-12-7-6-11-4-2-3-5-13(11)14(12)9-10;1-6-9-7-4-5-11-8(7)10(6)12(9,2)3;;;/h2-9H,1H3;4-5,10H,1-3H3;2*1H;/q-1;;;;+3/p-2. The van der Waals surface area contributed by atoms with Crippen molar-refractivity contribution in [2.45, 2.75) is 32.5 Å². The van der Waals surface area contributed by atoms with E-state index in [0.717, 1.165) is 5.54 Å². The molecule has 0 amide bonds. The minimum Gasteiger partial charge on any atom is -1.00 e. The van der Waals surface area contributed by atoms with E-state index >= 15 is 0 Å². The van der Waals surface area contributed by atoms with E-state index in [2.05, 4.69) is 86.9 Å². The molecule has 0 saturated heterocycles. The van der Waals surface area contributed by atoms with E-state index in [0.29, 0.717) is 0 Å². The fourth-order valence-corrected chi connectivity index (χ4v) is 11.5. The van der Waals surface area contributed by atoms with Crippen LogP contribution in [0.5, 0.6) is 0 Å². The minimum atomic E-state index is -0.972. The molecule has 147 valence electrons. The van der Waals surface area contributed by atoms with Crippen LogP contribution < -0.4 is 24.8 Å². The van der Waals surface area contributed by atoms with Crippen LogP contribution in [0.3, 0.4) is 0 Å². The molecule has 3 heterocycles. The molecule has 3 aliphatic rings. The number of thiophene rings is 1. The van der Waals surface area contributed by atoms with Gasteiger partial charge in [0.15, 0.2) is 0 Å². The van der Waals surface area contributed by atoms with Gasteiger partial charge in [-0.2, -0.15) is 6.07 Å². The Morgan fingerprint density at radius 1 is 0.931 bits per heavy atom. The van der Waals surface area contributed by atoms with Crippen LogP contribution in [0.25, 0.3) is 26.7 Å². The number of allylic oxidation sites excluding steroid dienone is 1. The monoisotopic (exact) mass is 531 g/mol. The third-order valence-electron chi connectivity index (χ3n) is 6.18. The van der Waals surface area contributed by atoms with E-state index in [1.165, 1.54) is 27.1 Å². The zero-order chi connectivity index (χ0) is 18.1. The fourth-order valence-electron chi connectivity index (χ4n) is 5.21. The molecule has 0 nitrogen and oxygen atoms in total. The largest absolute Gasteiger partial charge is 3.00 e. The van der Waals surface area contributed by atoms with Gasteiger partial charge in [0.25, 0.3) is 0 Å². The van der Waals surface area contributed by atoms with E-state index in [-0.39, 0.29) is 51.0 Å². The van der Waals surface area contributed by atoms with Crippen molar-refractivity contribution in [3.05, 3.63) is 81.6 Å². The van der Waals surface area contributed by atoms with E-state index in [9.17, 15) is 0 Å². The first-order valence-electron chi connectivity index (χ1n) is 9.32. The molecule has 7 rings (SSSR count). The molecule has 29 heavy (non-hydrogen) atoms. The van der Waals surface area contributed by atoms with Gasteiger partial charge < -0.3 is 24.8 Å². The van der Waals surface area contributed by atoms with Crippen molar-refractivity contribution in [2.75, 3.05) is 0 Å². The molecule has 1 unspecified atom stereocenters. The summed E-state index contributed by atoms with van der Waals surface area (Å²) in [5.41, 5.74) is 5.53. The summed E-state index contributed by atoms with van der Waals surface area (Å²) in [4.78, 5) is 1.68. The third kappa shape index (κ3) is 3.68. The molecule has 1 aromatic heterocycles. The molecule has 1 aliphatic carbocycles. The minimum absolute atomic E-state index is 0. The van der Waals surface area contributed by atoms with Gasteiger partial charge in [-0.15, -0.1) is 39.8 Å². The van der Waals surface area contributed by atoms with Gasteiger partial charge in [0.1, 0.15) is 0 Å². The van der Waals surface area contributed by atoms with Crippen LogP contribution in [-0.2, 0) is 26.2 Å². The fraction of sp³-hybridized carbons (Fsp3) is 0.208. The van der Waals surface area contributed by atoms with Gasteiger partial charge in [-0.05, 0) is 29.3 Å². The average molecular weight is 534 g/mol. The second-order valence-corrected chi connectivity index (χ2v) is 13.7. The van der Waals surface area contributed by atoms with Crippen LogP contribution in [0.4, 0.5) is 0 Å². The smallest absolute Gasteiger partial charge is 1.00 e. The summed E-state index contributed by atoms with van der Waals surface area (Å²) in [5, 5.41) is 9.42. The molecule has 0 spiro atoms. The number of hydrogen-bond acceptors (Lipinski definition) is 1. The van der Waals surface area contributed by atoms with Crippen LogP contribution in [0.15, 0.2) is 65.6 Å². The molecule has 0 saturated carbocycles. The second-order valence-electron chi connectivity index (χ2n) is 8.23. The van der Waals surface area contributed by atoms with Crippen molar-refractivity contribution in [2.24, 2.45) is 0 Å². The summed E-state index contributed by atoms with van der Waals surface area (Å²) < 4.78 is 0. The van der Waals surface area contributed by atoms with E-state index < -0.39 is 8.07 Å². The number of fused-ring (bicyclic) bond motifs is 3. The summed E-state index contributed by atoms with van der Waals surface area (Å²) in [7, 11) is -0.972. The number of hydrogen-bond donors (Lipinski definition) is 0. The third-order valence-corrected chi connectivity index (χ3v) is 11.5. The maximum atomic E-state index is 2.51. The molecule has 4 aromatic rings. The van der Waals surface area contributed by atoms with Crippen molar-refractivity contribution >= 4 is 46.2 Å². The van der Waals surface area contributed by atoms with Crippen LogP contribution in [0, 0.1) is 6.92 Å². The Hall–Kier alpha value is -0.570. The molecule has 2 bridgehead atoms. The summed E-state index contributed by atoms with van der Waals surface area (Å²) in [6, 6.07) is 19.8. The molecule has 2 aliphatic heterocycles. The Balaban J connectivity index is 0.000000189. The summed E-state index contributed by atoms with van der Waals surface area (Å²) in [6.45, 7) is 9.49. The van der Waals surface area contributed by atoms with Gasteiger partial charge in [0, 0.05) is 10.4 Å². The van der Waals surface area contributed by atoms with E-state index in [1.54, 1.807) is 21.2 Å². The van der Waals surface area contributed by atoms with E-state index in [1.807, 2.05) is 11.3 Å². The van der Waals surface area contributed by atoms with Gasteiger partial charge >= 0.3 is 26.2 Å².